The van der Waals surface area contributed by atoms with Crippen LogP contribution in [0.15, 0.2) is 46.8 Å². The largest absolute Gasteiger partial charge is 0.497 e. The van der Waals surface area contributed by atoms with Gasteiger partial charge < -0.3 is 10.1 Å². The van der Waals surface area contributed by atoms with Crippen LogP contribution in [0.4, 0.5) is 24.0 Å². The molecule has 0 aliphatic heterocycles. The number of amides is 2. The van der Waals surface area contributed by atoms with E-state index in [1.807, 2.05) is 0 Å². The summed E-state index contributed by atoms with van der Waals surface area (Å²) in [7, 11) is 1.52. The first-order valence-corrected chi connectivity index (χ1v) is 10.9. The molecule has 168 valence electrons. The molecule has 0 aliphatic rings. The number of alkyl halides is 3. The molecule has 2 aromatic carbocycles. The second-order valence-electron chi connectivity index (χ2n) is 6.08. The Hall–Kier alpha value is -2.83. The second-order valence-corrected chi connectivity index (χ2v) is 8.69. The fraction of sp³-hybridized carbons (Fsp3) is 0.158. The second kappa shape index (κ2) is 10.2. The first-order chi connectivity index (χ1) is 15.2. The van der Waals surface area contributed by atoms with E-state index in [1.54, 1.807) is 24.3 Å². The van der Waals surface area contributed by atoms with Crippen molar-refractivity contribution in [3.05, 3.63) is 58.6 Å². The van der Waals surface area contributed by atoms with Gasteiger partial charge in [-0.25, -0.2) is 0 Å². The predicted octanol–water partition coefficient (Wildman–Crippen LogP) is 5.20. The molecule has 1 heterocycles. The van der Waals surface area contributed by atoms with E-state index < -0.39 is 23.6 Å². The molecule has 3 aromatic rings. The van der Waals surface area contributed by atoms with Crippen molar-refractivity contribution in [3.63, 3.8) is 0 Å². The molecule has 13 heteroatoms. The lowest BCUT2D eigenvalue weighted by Gasteiger charge is -2.11. The van der Waals surface area contributed by atoms with Crippen molar-refractivity contribution in [2.75, 3.05) is 23.5 Å². The molecule has 0 aliphatic carbocycles. The summed E-state index contributed by atoms with van der Waals surface area (Å²) in [6.07, 6.45) is -4.56. The molecule has 7 nitrogen and oxygen atoms in total. The maximum atomic E-state index is 12.8. The van der Waals surface area contributed by atoms with E-state index in [0.717, 1.165) is 41.3 Å². The van der Waals surface area contributed by atoms with Crippen LogP contribution in [0.5, 0.6) is 5.75 Å². The summed E-state index contributed by atoms with van der Waals surface area (Å²) in [6, 6.07) is 9.13. The van der Waals surface area contributed by atoms with Gasteiger partial charge in [-0.05, 0) is 42.5 Å². The standard InChI is InChI=1S/C19H14ClF3N4O3S2/c1-30-12-5-2-10(3-6-12)16(29)25-17-26-27-18(32-17)31-9-15(28)24-14-8-11(19(21,22)23)4-7-13(14)20/h2-8H,9H2,1H3,(H,24,28)(H,25,26,29). The summed E-state index contributed by atoms with van der Waals surface area (Å²) in [6.45, 7) is 0. The van der Waals surface area contributed by atoms with Crippen LogP contribution in [-0.4, -0.2) is 34.9 Å². The fourth-order valence-corrected chi connectivity index (χ4v) is 4.05. The monoisotopic (exact) mass is 502 g/mol. The molecular formula is C19H14ClF3N4O3S2. The highest BCUT2D eigenvalue weighted by Crippen LogP contribution is 2.34. The molecule has 0 atom stereocenters. The minimum Gasteiger partial charge on any atom is -0.497 e. The van der Waals surface area contributed by atoms with Crippen LogP contribution in [-0.2, 0) is 11.0 Å². The third-order valence-corrected chi connectivity index (χ3v) is 6.18. The molecule has 3 rings (SSSR count). The molecule has 1 aromatic heterocycles. The highest BCUT2D eigenvalue weighted by atomic mass is 35.5. The highest BCUT2D eigenvalue weighted by molar-refractivity contribution is 8.01. The van der Waals surface area contributed by atoms with Gasteiger partial charge in [0.2, 0.25) is 11.0 Å². The van der Waals surface area contributed by atoms with Gasteiger partial charge in [0.25, 0.3) is 5.91 Å². The third-order valence-electron chi connectivity index (χ3n) is 3.87. The lowest BCUT2D eigenvalue weighted by molar-refractivity contribution is -0.137. The number of ether oxygens (including phenoxy) is 1. The van der Waals surface area contributed by atoms with E-state index in [9.17, 15) is 22.8 Å². The molecule has 2 N–H and O–H groups in total. The Balaban J connectivity index is 1.54. The number of nitrogens with zero attached hydrogens (tertiary/aromatic N) is 2. The summed E-state index contributed by atoms with van der Waals surface area (Å²) in [5, 5.41) is 12.9. The zero-order valence-corrected chi connectivity index (χ0v) is 18.6. The van der Waals surface area contributed by atoms with Crippen molar-refractivity contribution in [1.29, 1.82) is 0 Å². The fourth-order valence-electron chi connectivity index (χ4n) is 2.34. The number of benzene rings is 2. The number of rotatable bonds is 7. The van der Waals surface area contributed by atoms with Gasteiger partial charge >= 0.3 is 6.18 Å². The average molecular weight is 503 g/mol. The summed E-state index contributed by atoms with van der Waals surface area (Å²) >= 11 is 7.93. The Bertz CT molecular complexity index is 1120. The van der Waals surface area contributed by atoms with Crippen molar-refractivity contribution < 1.29 is 27.5 Å². The van der Waals surface area contributed by atoms with Crippen molar-refractivity contribution in [2.45, 2.75) is 10.5 Å². The van der Waals surface area contributed by atoms with Gasteiger partial charge in [-0.1, -0.05) is 34.7 Å². The molecule has 0 spiro atoms. The van der Waals surface area contributed by atoms with E-state index in [2.05, 4.69) is 20.8 Å². The van der Waals surface area contributed by atoms with Crippen LogP contribution in [0.3, 0.4) is 0 Å². The maximum Gasteiger partial charge on any atom is 0.416 e. The van der Waals surface area contributed by atoms with Gasteiger partial charge in [-0.15, -0.1) is 10.2 Å². The molecule has 2 amide bonds. The number of methoxy groups -OCH3 is 1. The third kappa shape index (κ3) is 6.34. The van der Waals surface area contributed by atoms with E-state index in [-0.39, 0.29) is 21.6 Å². The van der Waals surface area contributed by atoms with E-state index in [0.29, 0.717) is 15.7 Å². The lowest BCUT2D eigenvalue weighted by atomic mass is 10.2. The van der Waals surface area contributed by atoms with Crippen LogP contribution in [0, 0.1) is 0 Å². The number of hydrogen-bond donors (Lipinski definition) is 2. The average Bonchev–Trinajstić information content (AvgIpc) is 3.20. The Morgan fingerprint density at radius 3 is 2.50 bits per heavy atom. The zero-order chi connectivity index (χ0) is 23.3. The smallest absolute Gasteiger partial charge is 0.416 e. The summed E-state index contributed by atoms with van der Waals surface area (Å²) in [5.74, 6) is -0.499. The minimum atomic E-state index is -4.56. The minimum absolute atomic E-state index is 0.0178. The van der Waals surface area contributed by atoms with Gasteiger partial charge in [0.15, 0.2) is 4.34 Å². The van der Waals surface area contributed by atoms with Crippen molar-refractivity contribution in [3.8, 4) is 5.75 Å². The summed E-state index contributed by atoms with van der Waals surface area (Å²) in [4.78, 5) is 24.4. The Kier molecular flexibility index (Phi) is 7.59. The first kappa shape index (κ1) is 23.8. The van der Waals surface area contributed by atoms with Gasteiger partial charge in [-0.2, -0.15) is 13.2 Å². The van der Waals surface area contributed by atoms with E-state index >= 15 is 0 Å². The number of hydrogen-bond acceptors (Lipinski definition) is 7. The Labute approximate surface area is 193 Å². The van der Waals surface area contributed by atoms with Crippen molar-refractivity contribution in [2.24, 2.45) is 0 Å². The first-order valence-electron chi connectivity index (χ1n) is 8.74. The number of thioether (sulfide) groups is 1. The number of aromatic nitrogens is 2. The molecular weight excluding hydrogens is 489 g/mol. The number of carbonyl (C=O) groups is 2. The predicted molar refractivity (Wildman–Crippen MR) is 117 cm³/mol. The van der Waals surface area contributed by atoms with Crippen LogP contribution in [0.25, 0.3) is 0 Å². The van der Waals surface area contributed by atoms with E-state index in [1.165, 1.54) is 7.11 Å². The molecule has 0 saturated carbocycles. The number of anilines is 2. The van der Waals surface area contributed by atoms with Gasteiger partial charge in [0, 0.05) is 5.56 Å². The zero-order valence-electron chi connectivity index (χ0n) is 16.2. The van der Waals surface area contributed by atoms with Crippen LogP contribution in [0.1, 0.15) is 15.9 Å². The molecule has 0 unspecified atom stereocenters. The van der Waals surface area contributed by atoms with Crippen molar-refractivity contribution >= 4 is 57.3 Å². The van der Waals surface area contributed by atoms with Crippen LogP contribution >= 0.6 is 34.7 Å². The summed E-state index contributed by atoms with van der Waals surface area (Å²) < 4.78 is 43.9. The van der Waals surface area contributed by atoms with Gasteiger partial charge in [0.1, 0.15) is 5.75 Å². The van der Waals surface area contributed by atoms with Gasteiger partial charge in [0.05, 0.1) is 29.1 Å². The normalized spacial score (nSPS) is 11.2. The van der Waals surface area contributed by atoms with Gasteiger partial charge in [-0.3, -0.25) is 14.9 Å². The van der Waals surface area contributed by atoms with E-state index in [4.69, 9.17) is 16.3 Å². The van der Waals surface area contributed by atoms with Crippen molar-refractivity contribution in [1.82, 2.24) is 10.2 Å². The molecule has 0 bridgehead atoms. The Morgan fingerprint density at radius 2 is 1.84 bits per heavy atom. The summed E-state index contributed by atoms with van der Waals surface area (Å²) in [5.41, 5.74) is -0.671. The highest BCUT2D eigenvalue weighted by Gasteiger charge is 2.31. The molecule has 32 heavy (non-hydrogen) atoms. The maximum absolute atomic E-state index is 12.8. The number of carbonyl (C=O) groups excluding carboxylic acids is 2. The Morgan fingerprint density at radius 1 is 1.12 bits per heavy atom. The quantitative estimate of drug-likeness (QED) is 0.340. The SMILES string of the molecule is COc1ccc(C(=O)Nc2nnc(SCC(=O)Nc3cc(C(F)(F)F)ccc3Cl)s2)cc1. The molecule has 0 radical (unpaired) electrons. The van der Waals surface area contributed by atoms with Crippen LogP contribution < -0.4 is 15.4 Å². The lowest BCUT2D eigenvalue weighted by Crippen LogP contribution is -2.15. The molecule has 0 fully saturated rings. The topological polar surface area (TPSA) is 93.2 Å². The van der Waals surface area contributed by atoms with Crippen LogP contribution in [0.2, 0.25) is 5.02 Å². The molecule has 0 saturated heterocycles. The number of halogens is 4. The number of nitrogens with one attached hydrogen (secondary N) is 2.